The van der Waals surface area contributed by atoms with Gasteiger partial charge in [0.2, 0.25) is 5.91 Å². The number of carbonyl (C=O) groups is 2. The lowest BCUT2D eigenvalue weighted by atomic mass is 9.78. The number of carboxylic acids is 1. The highest BCUT2D eigenvalue weighted by Gasteiger charge is 2.36. The van der Waals surface area contributed by atoms with Crippen molar-refractivity contribution in [1.29, 1.82) is 0 Å². The number of rotatable bonds is 5. The normalized spacial score (nSPS) is 24.1. The molecular formula is C15H21NO3S. The topological polar surface area (TPSA) is 66.4 Å². The fourth-order valence-corrected chi connectivity index (χ4v) is 3.74. The lowest BCUT2D eigenvalue weighted by Gasteiger charge is -2.29. The molecule has 1 unspecified atom stereocenters. The maximum Gasteiger partial charge on any atom is 0.307 e. The molecule has 1 heterocycles. The summed E-state index contributed by atoms with van der Waals surface area (Å²) >= 11 is 1.62. The first-order valence-electron chi connectivity index (χ1n) is 7.20. The number of amides is 1. The Kier molecular flexibility index (Phi) is 5.17. The molecule has 0 bridgehead atoms. The van der Waals surface area contributed by atoms with E-state index in [1.165, 1.54) is 0 Å². The van der Waals surface area contributed by atoms with Crippen molar-refractivity contribution in [3.8, 4) is 0 Å². The van der Waals surface area contributed by atoms with Crippen molar-refractivity contribution < 1.29 is 14.7 Å². The Bertz CT molecular complexity index is 458. The summed E-state index contributed by atoms with van der Waals surface area (Å²) in [4.78, 5) is 24.8. The second-order valence-corrected chi connectivity index (χ2v) is 6.30. The first-order chi connectivity index (χ1) is 9.63. The summed E-state index contributed by atoms with van der Waals surface area (Å²) in [6, 6.07) is 3.98. The van der Waals surface area contributed by atoms with Crippen LogP contribution in [0.4, 0.5) is 0 Å². The van der Waals surface area contributed by atoms with Crippen molar-refractivity contribution in [2.75, 3.05) is 0 Å². The highest BCUT2D eigenvalue weighted by Crippen LogP contribution is 2.31. The van der Waals surface area contributed by atoms with Gasteiger partial charge in [-0.2, -0.15) is 0 Å². The van der Waals surface area contributed by atoms with E-state index in [2.05, 4.69) is 5.32 Å². The molecule has 0 aromatic carbocycles. The Balaban J connectivity index is 2.04. The van der Waals surface area contributed by atoms with Crippen molar-refractivity contribution in [3.63, 3.8) is 0 Å². The largest absolute Gasteiger partial charge is 0.481 e. The summed E-state index contributed by atoms with van der Waals surface area (Å²) in [5, 5.41) is 14.3. The minimum absolute atomic E-state index is 0.00104. The quantitative estimate of drug-likeness (QED) is 0.876. The Morgan fingerprint density at radius 2 is 2.10 bits per heavy atom. The predicted octanol–water partition coefficient (Wildman–Crippen LogP) is 3.21. The zero-order chi connectivity index (χ0) is 14.5. The number of carboxylic acid groups (broad SMARTS) is 1. The van der Waals surface area contributed by atoms with Crippen LogP contribution in [-0.4, -0.2) is 17.0 Å². The van der Waals surface area contributed by atoms with Crippen molar-refractivity contribution in [1.82, 2.24) is 5.32 Å². The van der Waals surface area contributed by atoms with Gasteiger partial charge in [-0.25, -0.2) is 0 Å². The van der Waals surface area contributed by atoms with E-state index in [4.69, 9.17) is 0 Å². The molecule has 1 aromatic heterocycles. The van der Waals surface area contributed by atoms with Gasteiger partial charge in [-0.3, -0.25) is 9.59 Å². The Morgan fingerprint density at radius 3 is 2.65 bits per heavy atom. The molecule has 2 rings (SSSR count). The zero-order valence-electron chi connectivity index (χ0n) is 11.7. The summed E-state index contributed by atoms with van der Waals surface area (Å²) in [6.45, 7) is 2.03. The van der Waals surface area contributed by atoms with E-state index in [1.807, 2.05) is 24.4 Å². The van der Waals surface area contributed by atoms with Gasteiger partial charge in [0.1, 0.15) is 0 Å². The van der Waals surface area contributed by atoms with Crippen molar-refractivity contribution in [2.24, 2.45) is 11.8 Å². The smallest absolute Gasteiger partial charge is 0.307 e. The average molecular weight is 295 g/mol. The number of thiophene rings is 1. The molecule has 0 saturated heterocycles. The molecule has 0 aliphatic heterocycles. The average Bonchev–Trinajstić information content (AvgIpc) is 2.98. The molecule has 1 amide bonds. The van der Waals surface area contributed by atoms with E-state index >= 15 is 0 Å². The molecule has 0 radical (unpaired) electrons. The summed E-state index contributed by atoms with van der Waals surface area (Å²) in [5.41, 5.74) is 0. The van der Waals surface area contributed by atoms with Gasteiger partial charge in [0.05, 0.1) is 17.9 Å². The third kappa shape index (κ3) is 3.39. The molecule has 1 aliphatic carbocycles. The SMILES string of the molecule is CCC(NC(=O)[C@@H]1CCCC[C@@H]1C(=O)O)c1cccs1. The van der Waals surface area contributed by atoms with Crippen LogP contribution in [0.1, 0.15) is 49.9 Å². The van der Waals surface area contributed by atoms with E-state index in [0.29, 0.717) is 12.8 Å². The van der Waals surface area contributed by atoms with E-state index < -0.39 is 11.9 Å². The molecule has 0 spiro atoms. The lowest BCUT2D eigenvalue weighted by Crippen LogP contribution is -2.41. The van der Waals surface area contributed by atoms with Crippen LogP contribution in [0.25, 0.3) is 0 Å². The van der Waals surface area contributed by atoms with Crippen LogP contribution >= 0.6 is 11.3 Å². The van der Waals surface area contributed by atoms with Crippen LogP contribution in [-0.2, 0) is 9.59 Å². The summed E-state index contributed by atoms with van der Waals surface area (Å²) < 4.78 is 0. The van der Waals surface area contributed by atoms with Gasteiger partial charge in [-0.15, -0.1) is 11.3 Å². The summed E-state index contributed by atoms with van der Waals surface area (Å²) in [5.74, 6) is -1.84. The molecular weight excluding hydrogens is 274 g/mol. The zero-order valence-corrected chi connectivity index (χ0v) is 12.5. The minimum atomic E-state index is -0.839. The molecule has 3 atom stereocenters. The van der Waals surface area contributed by atoms with Crippen LogP contribution in [0.5, 0.6) is 0 Å². The monoisotopic (exact) mass is 295 g/mol. The third-order valence-electron chi connectivity index (χ3n) is 4.03. The maximum absolute atomic E-state index is 12.4. The Hall–Kier alpha value is -1.36. The molecule has 20 heavy (non-hydrogen) atoms. The summed E-state index contributed by atoms with van der Waals surface area (Å²) in [7, 11) is 0. The number of hydrogen-bond acceptors (Lipinski definition) is 3. The first kappa shape index (κ1) is 15.0. The maximum atomic E-state index is 12.4. The second kappa shape index (κ2) is 6.88. The number of hydrogen-bond donors (Lipinski definition) is 2. The van der Waals surface area contributed by atoms with Crippen molar-refractivity contribution >= 4 is 23.2 Å². The van der Waals surface area contributed by atoms with Crippen molar-refractivity contribution in [3.05, 3.63) is 22.4 Å². The summed E-state index contributed by atoms with van der Waals surface area (Å²) in [6.07, 6.45) is 3.96. The lowest BCUT2D eigenvalue weighted by molar-refractivity contribution is -0.149. The Labute approximate surface area is 123 Å². The van der Waals surface area contributed by atoms with Gasteiger partial charge in [0.25, 0.3) is 0 Å². The molecule has 2 N–H and O–H groups in total. The van der Waals surface area contributed by atoms with Crippen LogP contribution in [0.2, 0.25) is 0 Å². The minimum Gasteiger partial charge on any atom is -0.481 e. The van der Waals surface area contributed by atoms with Gasteiger partial charge in [0.15, 0.2) is 0 Å². The number of aliphatic carboxylic acids is 1. The van der Waals surface area contributed by atoms with Crippen LogP contribution in [0.3, 0.4) is 0 Å². The standard InChI is InChI=1S/C15H21NO3S/c1-2-12(13-8-5-9-20-13)16-14(17)10-6-3-4-7-11(10)15(18)19/h5,8-12H,2-4,6-7H2,1H3,(H,16,17)(H,18,19)/t10-,11+,12?/m1/s1. The van der Waals surface area contributed by atoms with Crippen LogP contribution < -0.4 is 5.32 Å². The highest BCUT2D eigenvalue weighted by atomic mass is 32.1. The van der Waals surface area contributed by atoms with E-state index in [1.54, 1.807) is 11.3 Å². The van der Waals surface area contributed by atoms with Gasteiger partial charge < -0.3 is 10.4 Å². The van der Waals surface area contributed by atoms with Gasteiger partial charge in [-0.1, -0.05) is 25.8 Å². The fraction of sp³-hybridized carbons (Fsp3) is 0.600. The van der Waals surface area contributed by atoms with E-state index in [9.17, 15) is 14.7 Å². The molecule has 110 valence electrons. The van der Waals surface area contributed by atoms with E-state index in [-0.39, 0.29) is 17.9 Å². The second-order valence-electron chi connectivity index (χ2n) is 5.32. The third-order valence-corrected chi connectivity index (χ3v) is 5.02. The van der Waals surface area contributed by atoms with Gasteiger partial charge >= 0.3 is 5.97 Å². The highest BCUT2D eigenvalue weighted by molar-refractivity contribution is 7.10. The molecule has 1 saturated carbocycles. The predicted molar refractivity (Wildman–Crippen MR) is 78.6 cm³/mol. The molecule has 4 nitrogen and oxygen atoms in total. The van der Waals surface area contributed by atoms with Crippen LogP contribution in [0, 0.1) is 11.8 Å². The molecule has 5 heteroatoms. The Morgan fingerprint density at radius 1 is 1.40 bits per heavy atom. The van der Waals surface area contributed by atoms with Crippen molar-refractivity contribution in [2.45, 2.75) is 45.1 Å². The first-order valence-corrected chi connectivity index (χ1v) is 8.08. The van der Waals surface area contributed by atoms with Gasteiger partial charge in [0, 0.05) is 4.88 Å². The number of carbonyl (C=O) groups excluding carboxylic acids is 1. The van der Waals surface area contributed by atoms with E-state index in [0.717, 1.165) is 24.1 Å². The van der Waals surface area contributed by atoms with Crippen LogP contribution in [0.15, 0.2) is 17.5 Å². The molecule has 1 aliphatic rings. The molecule has 1 aromatic rings. The number of nitrogens with one attached hydrogen (secondary N) is 1. The molecule has 1 fully saturated rings. The fourth-order valence-electron chi connectivity index (χ4n) is 2.88. The van der Waals surface area contributed by atoms with Gasteiger partial charge in [-0.05, 0) is 30.7 Å².